The third-order valence-corrected chi connectivity index (χ3v) is 6.52. The lowest BCUT2D eigenvalue weighted by Crippen LogP contribution is -2.39. The second-order valence-electron chi connectivity index (χ2n) is 9.78. The Bertz CT molecular complexity index is 978. The van der Waals surface area contributed by atoms with Gasteiger partial charge in [0.15, 0.2) is 11.5 Å². The molecule has 5 nitrogen and oxygen atoms in total. The molecule has 6 heteroatoms. The van der Waals surface area contributed by atoms with E-state index in [4.69, 9.17) is 21.1 Å². The van der Waals surface area contributed by atoms with Gasteiger partial charge in [-0.05, 0) is 49.1 Å². The maximum absolute atomic E-state index is 13.6. The molecule has 0 spiro atoms. The second kappa shape index (κ2) is 10.8. The maximum Gasteiger partial charge on any atom is 0.227 e. The van der Waals surface area contributed by atoms with Crippen LogP contribution in [0, 0.1) is 18.8 Å². The van der Waals surface area contributed by atoms with Crippen LogP contribution in [0.15, 0.2) is 36.4 Å². The van der Waals surface area contributed by atoms with Crippen molar-refractivity contribution in [3.63, 3.8) is 0 Å². The molecular weight excluding hydrogens is 436 g/mol. The Morgan fingerprint density at radius 3 is 2.79 bits per heavy atom. The topological polar surface area (TPSA) is 42.0 Å². The molecule has 0 unspecified atom stereocenters. The predicted octanol–water partition coefficient (Wildman–Crippen LogP) is 5.32. The number of carbonyl (C=O) groups is 1. The van der Waals surface area contributed by atoms with E-state index in [0.29, 0.717) is 42.2 Å². The van der Waals surface area contributed by atoms with Crippen molar-refractivity contribution in [3.05, 3.63) is 58.1 Å². The van der Waals surface area contributed by atoms with Crippen LogP contribution in [0.1, 0.15) is 43.4 Å². The van der Waals surface area contributed by atoms with Gasteiger partial charge in [0.05, 0.1) is 24.2 Å². The molecule has 2 heterocycles. The van der Waals surface area contributed by atoms with Crippen molar-refractivity contribution in [2.45, 2.75) is 46.7 Å². The molecule has 2 aromatic rings. The minimum Gasteiger partial charge on any atom is -0.489 e. The Balaban J connectivity index is 1.44. The van der Waals surface area contributed by atoms with Crippen LogP contribution in [0.5, 0.6) is 11.5 Å². The summed E-state index contributed by atoms with van der Waals surface area (Å²) in [6.07, 6.45) is 1.74. The van der Waals surface area contributed by atoms with Gasteiger partial charge in [-0.2, -0.15) is 0 Å². The molecule has 2 aliphatic heterocycles. The summed E-state index contributed by atoms with van der Waals surface area (Å²) in [6, 6.07) is 12.5. The average Bonchev–Trinajstić information content (AvgIpc) is 3.08. The zero-order chi connectivity index (χ0) is 23.4. The van der Waals surface area contributed by atoms with Crippen molar-refractivity contribution in [1.82, 2.24) is 9.80 Å². The third-order valence-electron chi connectivity index (χ3n) is 6.24. The van der Waals surface area contributed by atoms with Gasteiger partial charge in [-0.1, -0.05) is 55.3 Å². The second-order valence-corrected chi connectivity index (χ2v) is 10.2. The molecular formula is C27H35ClN2O3. The number of benzene rings is 2. The summed E-state index contributed by atoms with van der Waals surface area (Å²) in [5.41, 5.74) is 3.56. The zero-order valence-electron chi connectivity index (χ0n) is 20.0. The molecule has 178 valence electrons. The monoisotopic (exact) mass is 470 g/mol. The number of amides is 1. The van der Waals surface area contributed by atoms with Gasteiger partial charge in [-0.25, -0.2) is 0 Å². The van der Waals surface area contributed by atoms with Crippen LogP contribution >= 0.6 is 11.6 Å². The molecule has 2 aliphatic rings. The van der Waals surface area contributed by atoms with Gasteiger partial charge in [-0.3, -0.25) is 9.69 Å². The number of rotatable bonds is 7. The van der Waals surface area contributed by atoms with E-state index in [2.05, 4.69) is 49.9 Å². The van der Waals surface area contributed by atoms with Crippen LogP contribution in [-0.4, -0.2) is 48.6 Å². The quantitative estimate of drug-likeness (QED) is 0.549. The summed E-state index contributed by atoms with van der Waals surface area (Å²) in [5.74, 6) is 1.94. The van der Waals surface area contributed by atoms with Crippen LogP contribution in [0.25, 0.3) is 0 Å². The standard InChI is InChI=1S/C27H35ClN2O3/c1-19(2)15-30(17-22-13-24(28)26-25(14-22)32-10-5-11-33-26)27(31)23-8-9-29(18-23)16-21-7-4-6-20(3)12-21/h4,6-7,12-14,19,23H,5,8-11,15-18H2,1-3H3/t23-/m1/s1. The van der Waals surface area contributed by atoms with Crippen molar-refractivity contribution in [1.29, 1.82) is 0 Å². The van der Waals surface area contributed by atoms with E-state index in [-0.39, 0.29) is 11.8 Å². The largest absolute Gasteiger partial charge is 0.489 e. The highest BCUT2D eigenvalue weighted by Crippen LogP contribution is 2.38. The van der Waals surface area contributed by atoms with Gasteiger partial charge < -0.3 is 14.4 Å². The first-order chi connectivity index (χ1) is 15.9. The van der Waals surface area contributed by atoms with E-state index in [1.165, 1.54) is 11.1 Å². The lowest BCUT2D eigenvalue weighted by atomic mass is 10.0. The van der Waals surface area contributed by atoms with Crippen molar-refractivity contribution < 1.29 is 14.3 Å². The molecule has 0 aliphatic carbocycles. The number of fused-ring (bicyclic) bond motifs is 1. The van der Waals surface area contributed by atoms with Crippen molar-refractivity contribution in [2.24, 2.45) is 11.8 Å². The van der Waals surface area contributed by atoms with E-state index >= 15 is 0 Å². The minimum atomic E-state index is 0.0319. The van der Waals surface area contributed by atoms with Gasteiger partial charge in [0.25, 0.3) is 0 Å². The van der Waals surface area contributed by atoms with Crippen LogP contribution in [0.4, 0.5) is 0 Å². The molecule has 2 aromatic carbocycles. The summed E-state index contributed by atoms with van der Waals surface area (Å²) in [6.45, 7) is 11.5. The summed E-state index contributed by atoms with van der Waals surface area (Å²) < 4.78 is 11.6. The number of ether oxygens (including phenoxy) is 2. The number of hydrogen-bond acceptors (Lipinski definition) is 4. The average molecular weight is 471 g/mol. The number of halogens is 1. The smallest absolute Gasteiger partial charge is 0.227 e. The van der Waals surface area contributed by atoms with Crippen molar-refractivity contribution >= 4 is 17.5 Å². The first-order valence-electron chi connectivity index (χ1n) is 12.0. The highest BCUT2D eigenvalue weighted by atomic mass is 35.5. The fourth-order valence-electron chi connectivity index (χ4n) is 4.77. The number of nitrogens with zero attached hydrogens (tertiary/aromatic N) is 2. The zero-order valence-corrected chi connectivity index (χ0v) is 20.7. The molecule has 1 atom stereocenters. The number of likely N-dealkylation sites (tertiary alicyclic amines) is 1. The fourth-order valence-corrected chi connectivity index (χ4v) is 5.06. The molecule has 1 fully saturated rings. The minimum absolute atomic E-state index is 0.0319. The molecule has 0 saturated carbocycles. The van der Waals surface area contributed by atoms with E-state index < -0.39 is 0 Å². The molecule has 1 amide bonds. The van der Waals surface area contributed by atoms with Crippen LogP contribution in [0.3, 0.4) is 0 Å². The van der Waals surface area contributed by atoms with Gasteiger partial charge >= 0.3 is 0 Å². The Kier molecular flexibility index (Phi) is 7.82. The van der Waals surface area contributed by atoms with Crippen molar-refractivity contribution in [3.8, 4) is 11.5 Å². The summed E-state index contributed by atoms with van der Waals surface area (Å²) in [4.78, 5) is 18.0. The van der Waals surface area contributed by atoms with Crippen molar-refractivity contribution in [2.75, 3.05) is 32.8 Å². The Morgan fingerprint density at radius 1 is 1.18 bits per heavy atom. The highest BCUT2D eigenvalue weighted by molar-refractivity contribution is 6.32. The molecule has 0 radical (unpaired) electrons. The SMILES string of the molecule is Cc1cccc(CN2CC[C@@H](C(=O)N(Cc3cc(Cl)c4c(c3)OCCCO4)CC(C)C)C2)c1. The van der Waals surface area contributed by atoms with E-state index in [1.54, 1.807) is 0 Å². The van der Waals surface area contributed by atoms with E-state index in [9.17, 15) is 4.79 Å². The van der Waals surface area contributed by atoms with Gasteiger partial charge in [-0.15, -0.1) is 0 Å². The molecule has 0 N–H and O–H groups in total. The van der Waals surface area contributed by atoms with Crippen LogP contribution in [0.2, 0.25) is 5.02 Å². The number of aryl methyl sites for hydroxylation is 1. The summed E-state index contributed by atoms with van der Waals surface area (Å²) in [7, 11) is 0. The van der Waals surface area contributed by atoms with Gasteiger partial charge in [0, 0.05) is 32.6 Å². The Labute approximate surface area is 202 Å². The third kappa shape index (κ3) is 6.21. The summed E-state index contributed by atoms with van der Waals surface area (Å²) in [5, 5.41) is 0.548. The van der Waals surface area contributed by atoms with E-state index in [1.807, 2.05) is 17.0 Å². The molecule has 4 rings (SSSR count). The molecule has 0 bridgehead atoms. The van der Waals surface area contributed by atoms with Crippen LogP contribution < -0.4 is 9.47 Å². The predicted molar refractivity (Wildman–Crippen MR) is 132 cm³/mol. The van der Waals surface area contributed by atoms with Gasteiger partial charge in [0.2, 0.25) is 5.91 Å². The van der Waals surface area contributed by atoms with Gasteiger partial charge in [0.1, 0.15) is 0 Å². The normalized spacial score (nSPS) is 18.4. The Morgan fingerprint density at radius 2 is 2.00 bits per heavy atom. The van der Waals surface area contributed by atoms with E-state index in [0.717, 1.165) is 44.6 Å². The Hall–Kier alpha value is -2.24. The number of hydrogen-bond donors (Lipinski definition) is 0. The first kappa shape index (κ1) is 23.9. The maximum atomic E-state index is 13.6. The molecule has 0 aromatic heterocycles. The first-order valence-corrected chi connectivity index (χ1v) is 12.4. The molecule has 33 heavy (non-hydrogen) atoms. The number of carbonyl (C=O) groups excluding carboxylic acids is 1. The lowest BCUT2D eigenvalue weighted by Gasteiger charge is -2.28. The molecule has 1 saturated heterocycles. The highest BCUT2D eigenvalue weighted by Gasteiger charge is 2.32. The summed E-state index contributed by atoms with van der Waals surface area (Å²) >= 11 is 6.51. The van der Waals surface area contributed by atoms with Crippen LogP contribution in [-0.2, 0) is 17.9 Å². The fraction of sp³-hybridized carbons (Fsp3) is 0.519. The lowest BCUT2D eigenvalue weighted by molar-refractivity contribution is -0.136.